The lowest BCUT2D eigenvalue weighted by atomic mass is 10.6. The van der Waals surface area contributed by atoms with Crippen molar-refractivity contribution >= 4 is 11.9 Å². The number of aliphatic imine (C=N–C) groups is 2. The molecular weight excluding hydrogens is 144 g/mol. The molecule has 5 heteroatoms. The third kappa shape index (κ3) is 1.48. The standard InChI is InChI=1S/C6H12N4O/c1-4-8-5(7)10(2)6(9-4)11-3/h5H,7H2,1-3H3. The number of hydrogen-bond donors (Lipinski definition) is 1. The molecule has 1 unspecified atom stereocenters. The predicted molar refractivity (Wildman–Crippen MR) is 43.3 cm³/mol. The van der Waals surface area contributed by atoms with Crippen LogP contribution in [0.25, 0.3) is 0 Å². The van der Waals surface area contributed by atoms with Gasteiger partial charge in [-0.2, -0.15) is 4.99 Å². The van der Waals surface area contributed by atoms with Crippen molar-refractivity contribution in [2.24, 2.45) is 15.7 Å². The smallest absolute Gasteiger partial charge is 0.295 e. The van der Waals surface area contributed by atoms with Crippen molar-refractivity contribution in [1.29, 1.82) is 0 Å². The SMILES string of the molecule is COC1=NC(C)=NC(N)N1C. The van der Waals surface area contributed by atoms with E-state index in [9.17, 15) is 0 Å². The fourth-order valence-corrected chi connectivity index (χ4v) is 0.827. The summed E-state index contributed by atoms with van der Waals surface area (Å²) in [4.78, 5) is 9.70. The van der Waals surface area contributed by atoms with Crippen molar-refractivity contribution in [1.82, 2.24) is 4.90 Å². The second-order valence-corrected chi connectivity index (χ2v) is 2.30. The van der Waals surface area contributed by atoms with Gasteiger partial charge in [-0.3, -0.25) is 10.6 Å². The molecule has 0 aromatic heterocycles. The molecule has 5 nitrogen and oxygen atoms in total. The number of ether oxygens (including phenoxy) is 1. The van der Waals surface area contributed by atoms with E-state index >= 15 is 0 Å². The maximum Gasteiger partial charge on any atom is 0.295 e. The molecule has 0 saturated carbocycles. The van der Waals surface area contributed by atoms with E-state index in [0.717, 1.165) is 0 Å². The minimum Gasteiger partial charge on any atom is -0.468 e. The van der Waals surface area contributed by atoms with Crippen molar-refractivity contribution in [2.45, 2.75) is 13.2 Å². The molecule has 0 aromatic carbocycles. The maximum absolute atomic E-state index is 5.61. The quantitative estimate of drug-likeness (QED) is 0.518. The Morgan fingerprint density at radius 3 is 2.82 bits per heavy atom. The zero-order valence-electron chi connectivity index (χ0n) is 6.90. The van der Waals surface area contributed by atoms with E-state index in [2.05, 4.69) is 9.98 Å². The number of amidine groups is 2. The molecule has 1 aliphatic rings. The van der Waals surface area contributed by atoms with Crippen LogP contribution in [0, 0.1) is 0 Å². The summed E-state index contributed by atoms with van der Waals surface area (Å²) in [5, 5.41) is 0. The third-order valence-corrected chi connectivity index (χ3v) is 1.46. The fourth-order valence-electron chi connectivity index (χ4n) is 0.827. The fraction of sp³-hybridized carbons (Fsp3) is 0.667. The van der Waals surface area contributed by atoms with E-state index in [1.807, 2.05) is 0 Å². The van der Waals surface area contributed by atoms with E-state index in [1.54, 1.807) is 26.0 Å². The first-order valence-electron chi connectivity index (χ1n) is 3.30. The van der Waals surface area contributed by atoms with Gasteiger partial charge in [-0.05, 0) is 6.92 Å². The lowest BCUT2D eigenvalue weighted by molar-refractivity contribution is 0.265. The largest absolute Gasteiger partial charge is 0.468 e. The molecule has 1 rings (SSSR count). The summed E-state index contributed by atoms with van der Waals surface area (Å²) in [6.45, 7) is 1.78. The van der Waals surface area contributed by atoms with Crippen LogP contribution in [-0.2, 0) is 4.74 Å². The van der Waals surface area contributed by atoms with Crippen LogP contribution >= 0.6 is 0 Å². The van der Waals surface area contributed by atoms with Gasteiger partial charge in [0, 0.05) is 7.05 Å². The van der Waals surface area contributed by atoms with Crippen LogP contribution in [0.1, 0.15) is 6.92 Å². The summed E-state index contributed by atoms with van der Waals surface area (Å²) < 4.78 is 4.96. The Labute approximate surface area is 65.6 Å². The average Bonchev–Trinajstić information content (AvgIpc) is 1.96. The molecule has 11 heavy (non-hydrogen) atoms. The van der Waals surface area contributed by atoms with Crippen molar-refractivity contribution in [3.63, 3.8) is 0 Å². The highest BCUT2D eigenvalue weighted by Crippen LogP contribution is 2.02. The Morgan fingerprint density at radius 2 is 2.27 bits per heavy atom. The molecule has 0 bridgehead atoms. The lowest BCUT2D eigenvalue weighted by Crippen LogP contribution is -2.45. The first-order chi connectivity index (χ1) is 5.15. The first kappa shape index (κ1) is 8.00. The average molecular weight is 156 g/mol. The molecule has 1 atom stereocenters. The van der Waals surface area contributed by atoms with E-state index in [4.69, 9.17) is 10.5 Å². The van der Waals surface area contributed by atoms with Crippen molar-refractivity contribution in [3.8, 4) is 0 Å². The zero-order valence-corrected chi connectivity index (χ0v) is 6.90. The highest BCUT2D eigenvalue weighted by molar-refractivity contribution is 5.94. The van der Waals surface area contributed by atoms with Gasteiger partial charge < -0.3 is 4.74 Å². The summed E-state index contributed by atoms with van der Waals surface area (Å²) in [5.41, 5.74) is 5.61. The molecule has 0 fully saturated rings. The van der Waals surface area contributed by atoms with Gasteiger partial charge in [-0.1, -0.05) is 0 Å². The Balaban J connectivity index is 2.84. The summed E-state index contributed by atoms with van der Waals surface area (Å²) in [7, 11) is 3.34. The molecule has 1 aliphatic heterocycles. The lowest BCUT2D eigenvalue weighted by Gasteiger charge is -2.26. The van der Waals surface area contributed by atoms with Crippen LogP contribution < -0.4 is 5.73 Å². The highest BCUT2D eigenvalue weighted by atomic mass is 16.5. The van der Waals surface area contributed by atoms with Gasteiger partial charge in [-0.25, -0.2) is 4.99 Å². The molecule has 0 aromatic rings. The zero-order chi connectivity index (χ0) is 8.43. The molecule has 2 N–H and O–H groups in total. The minimum atomic E-state index is -0.373. The Morgan fingerprint density at radius 1 is 1.64 bits per heavy atom. The van der Waals surface area contributed by atoms with Gasteiger partial charge in [0.25, 0.3) is 6.02 Å². The number of methoxy groups -OCH3 is 1. The maximum atomic E-state index is 5.61. The van der Waals surface area contributed by atoms with Gasteiger partial charge in [0.05, 0.1) is 7.11 Å². The van der Waals surface area contributed by atoms with Gasteiger partial charge in [0.15, 0.2) is 6.29 Å². The Kier molecular flexibility index (Phi) is 2.09. The number of hydrogen-bond acceptors (Lipinski definition) is 5. The van der Waals surface area contributed by atoms with Crippen LogP contribution in [0.3, 0.4) is 0 Å². The topological polar surface area (TPSA) is 63.2 Å². The van der Waals surface area contributed by atoms with Gasteiger partial charge in [0.2, 0.25) is 0 Å². The predicted octanol–water partition coefficient (Wildman–Crippen LogP) is -0.405. The molecule has 1 heterocycles. The Bertz CT molecular complexity index is 211. The summed E-state index contributed by atoms with van der Waals surface area (Å²) in [6.07, 6.45) is -0.373. The second-order valence-electron chi connectivity index (χ2n) is 2.30. The monoisotopic (exact) mass is 156 g/mol. The molecule has 0 aliphatic carbocycles. The van der Waals surface area contributed by atoms with E-state index in [-0.39, 0.29) is 6.29 Å². The van der Waals surface area contributed by atoms with Gasteiger partial charge in [0.1, 0.15) is 5.84 Å². The normalized spacial score (nSPS) is 24.4. The van der Waals surface area contributed by atoms with E-state index < -0.39 is 0 Å². The van der Waals surface area contributed by atoms with Crippen molar-refractivity contribution in [3.05, 3.63) is 0 Å². The van der Waals surface area contributed by atoms with E-state index in [1.165, 1.54) is 0 Å². The number of rotatable bonds is 0. The number of nitrogens with two attached hydrogens (primary N) is 1. The molecule has 0 saturated heterocycles. The van der Waals surface area contributed by atoms with Crippen LogP contribution in [0.5, 0.6) is 0 Å². The van der Waals surface area contributed by atoms with Crippen LogP contribution in [0.15, 0.2) is 9.98 Å². The summed E-state index contributed by atoms with van der Waals surface area (Å²) in [5.74, 6) is 0.646. The van der Waals surface area contributed by atoms with Gasteiger partial charge in [-0.15, -0.1) is 0 Å². The summed E-state index contributed by atoms with van der Waals surface area (Å²) >= 11 is 0. The molecular formula is C6H12N4O. The molecule has 0 spiro atoms. The third-order valence-electron chi connectivity index (χ3n) is 1.46. The second kappa shape index (κ2) is 2.87. The van der Waals surface area contributed by atoms with Crippen LogP contribution in [-0.4, -0.2) is 37.2 Å². The van der Waals surface area contributed by atoms with E-state index in [0.29, 0.717) is 11.9 Å². The highest BCUT2D eigenvalue weighted by Gasteiger charge is 2.18. The minimum absolute atomic E-state index is 0.373. The van der Waals surface area contributed by atoms with Crippen molar-refractivity contribution in [2.75, 3.05) is 14.2 Å². The summed E-state index contributed by atoms with van der Waals surface area (Å²) in [6, 6.07) is 0.505. The van der Waals surface area contributed by atoms with Crippen LogP contribution in [0.2, 0.25) is 0 Å². The van der Waals surface area contributed by atoms with Crippen molar-refractivity contribution < 1.29 is 4.74 Å². The molecule has 62 valence electrons. The number of nitrogens with zero attached hydrogens (tertiary/aromatic N) is 3. The molecule has 0 amide bonds. The first-order valence-corrected chi connectivity index (χ1v) is 3.30. The Hall–Kier alpha value is -1.10. The molecule has 0 radical (unpaired) electrons. The van der Waals surface area contributed by atoms with Crippen LogP contribution in [0.4, 0.5) is 0 Å². The van der Waals surface area contributed by atoms with Gasteiger partial charge >= 0.3 is 0 Å².